The number of piperazine rings is 1. The highest BCUT2D eigenvalue weighted by atomic mass is 32.1. The van der Waals surface area contributed by atoms with Crippen molar-refractivity contribution in [2.45, 2.75) is 25.9 Å². The van der Waals surface area contributed by atoms with Crippen LogP contribution in [0.25, 0.3) is 0 Å². The van der Waals surface area contributed by atoms with Crippen LogP contribution in [-0.4, -0.2) is 65.9 Å². The smallest absolute Gasteiger partial charge is 0.405 e. The number of thiophene rings is 1. The molecule has 174 valence electrons. The third-order valence-electron chi connectivity index (χ3n) is 4.95. The zero-order chi connectivity index (χ0) is 23.1. The van der Waals surface area contributed by atoms with Crippen LogP contribution < -0.4 is 10.1 Å². The maximum atomic E-state index is 12.5. The predicted molar refractivity (Wildman–Crippen MR) is 112 cm³/mol. The van der Waals surface area contributed by atoms with Crippen molar-refractivity contribution in [2.75, 3.05) is 32.8 Å². The lowest BCUT2D eigenvalue weighted by Crippen LogP contribution is -2.48. The zero-order valence-corrected chi connectivity index (χ0v) is 18.0. The Morgan fingerprint density at radius 3 is 2.50 bits per heavy atom. The van der Waals surface area contributed by atoms with Gasteiger partial charge in [0.2, 0.25) is 5.91 Å². The minimum atomic E-state index is -4.81. The van der Waals surface area contributed by atoms with Crippen LogP contribution in [0.5, 0.6) is 5.75 Å². The first-order valence-electron chi connectivity index (χ1n) is 10.1. The molecule has 0 aliphatic carbocycles. The Morgan fingerprint density at radius 2 is 1.81 bits per heavy atom. The van der Waals surface area contributed by atoms with Crippen LogP contribution >= 0.6 is 11.3 Å². The number of carbonyl (C=O) groups excluding carboxylic acids is 2. The van der Waals surface area contributed by atoms with E-state index in [0.29, 0.717) is 37.6 Å². The Kier molecular flexibility index (Phi) is 8.10. The van der Waals surface area contributed by atoms with E-state index < -0.39 is 6.36 Å². The fourth-order valence-corrected chi connectivity index (χ4v) is 4.32. The highest BCUT2D eigenvalue weighted by Gasteiger charge is 2.32. The first-order valence-corrected chi connectivity index (χ1v) is 10.9. The molecule has 1 aliphatic rings. The largest absolute Gasteiger partial charge is 0.573 e. The van der Waals surface area contributed by atoms with E-state index in [1.54, 1.807) is 17.0 Å². The molecule has 2 heterocycles. The van der Waals surface area contributed by atoms with Crippen molar-refractivity contribution in [3.05, 3.63) is 51.7 Å². The lowest BCUT2D eigenvalue weighted by molar-refractivity contribution is -0.274. The van der Waals surface area contributed by atoms with Gasteiger partial charge < -0.3 is 20.1 Å². The van der Waals surface area contributed by atoms with Crippen molar-refractivity contribution in [3.8, 4) is 5.75 Å². The van der Waals surface area contributed by atoms with Gasteiger partial charge in [0, 0.05) is 56.1 Å². The average Bonchev–Trinajstić information content (AvgIpc) is 3.21. The molecular weight excluding hydrogens is 447 g/mol. The van der Waals surface area contributed by atoms with Crippen molar-refractivity contribution < 1.29 is 32.6 Å². The number of alkyl halides is 3. The Hall–Kier alpha value is -2.63. The Balaban J connectivity index is 1.50. The van der Waals surface area contributed by atoms with Gasteiger partial charge in [0.1, 0.15) is 5.75 Å². The second-order valence-corrected chi connectivity index (χ2v) is 8.40. The van der Waals surface area contributed by atoms with Crippen LogP contribution in [0.4, 0.5) is 13.2 Å². The molecule has 11 heteroatoms. The summed E-state index contributed by atoms with van der Waals surface area (Å²) in [7, 11) is 0. The summed E-state index contributed by atoms with van der Waals surface area (Å²) in [5, 5.41) is 11.5. The average molecular weight is 472 g/mol. The molecule has 1 aromatic carbocycles. The second kappa shape index (κ2) is 10.8. The number of nitrogens with zero attached hydrogens (tertiary/aromatic N) is 2. The van der Waals surface area contributed by atoms with Gasteiger partial charge >= 0.3 is 6.36 Å². The van der Waals surface area contributed by atoms with E-state index in [2.05, 4.69) is 15.0 Å². The molecule has 0 spiro atoms. The zero-order valence-electron chi connectivity index (χ0n) is 17.2. The fourth-order valence-electron chi connectivity index (χ4n) is 3.35. The summed E-state index contributed by atoms with van der Waals surface area (Å²) in [6.45, 7) is 2.98. The number of aliphatic hydroxyl groups excluding tert-OH is 1. The van der Waals surface area contributed by atoms with Gasteiger partial charge in [-0.25, -0.2) is 0 Å². The normalized spacial score (nSPS) is 14.9. The highest BCUT2D eigenvalue weighted by molar-refractivity contribution is 7.14. The SMILES string of the molecule is O=C(NCc1ccccc1OC(F)(F)F)c1ccc(CN2CCN(C(=O)CCO)CC2)s1. The summed E-state index contributed by atoms with van der Waals surface area (Å²) in [5.41, 5.74) is 0.226. The number of rotatable bonds is 8. The Labute approximate surface area is 187 Å². The van der Waals surface area contributed by atoms with E-state index in [9.17, 15) is 22.8 Å². The fraction of sp³-hybridized carbons (Fsp3) is 0.429. The Morgan fingerprint density at radius 1 is 1.09 bits per heavy atom. The number of hydrogen-bond donors (Lipinski definition) is 2. The number of benzene rings is 1. The minimum Gasteiger partial charge on any atom is -0.405 e. The molecule has 0 atom stereocenters. The molecule has 2 amide bonds. The second-order valence-electron chi connectivity index (χ2n) is 7.23. The van der Waals surface area contributed by atoms with E-state index in [1.165, 1.54) is 29.5 Å². The number of halogens is 3. The molecule has 1 aromatic heterocycles. The van der Waals surface area contributed by atoms with Crippen LogP contribution in [-0.2, 0) is 17.9 Å². The molecule has 7 nitrogen and oxygen atoms in total. The van der Waals surface area contributed by atoms with Gasteiger partial charge in [0.25, 0.3) is 5.91 Å². The summed E-state index contributed by atoms with van der Waals surface area (Å²) in [5.74, 6) is -0.768. The van der Waals surface area contributed by atoms with Gasteiger partial charge in [-0.3, -0.25) is 14.5 Å². The molecule has 3 rings (SSSR count). The molecule has 2 aromatic rings. The van der Waals surface area contributed by atoms with Gasteiger partial charge in [-0.1, -0.05) is 18.2 Å². The molecular formula is C21H24F3N3O4S. The van der Waals surface area contributed by atoms with Gasteiger partial charge in [-0.15, -0.1) is 24.5 Å². The monoisotopic (exact) mass is 471 g/mol. The predicted octanol–water partition coefficient (Wildman–Crippen LogP) is 2.60. The number of ether oxygens (including phenoxy) is 1. The summed E-state index contributed by atoms with van der Waals surface area (Å²) in [4.78, 5) is 29.7. The molecule has 1 aliphatic heterocycles. The first-order chi connectivity index (χ1) is 15.2. The molecule has 1 fully saturated rings. The number of carbonyl (C=O) groups is 2. The number of aliphatic hydroxyl groups is 1. The summed E-state index contributed by atoms with van der Waals surface area (Å²) >= 11 is 1.32. The van der Waals surface area contributed by atoms with Crippen LogP contribution in [0.2, 0.25) is 0 Å². The first kappa shape index (κ1) is 24.0. The number of hydrogen-bond acceptors (Lipinski definition) is 6. The summed E-state index contributed by atoms with van der Waals surface area (Å²) < 4.78 is 41.6. The molecule has 0 radical (unpaired) electrons. The summed E-state index contributed by atoms with van der Waals surface area (Å²) in [6, 6.07) is 9.21. The van der Waals surface area contributed by atoms with Crippen molar-refractivity contribution in [1.29, 1.82) is 0 Å². The maximum absolute atomic E-state index is 12.5. The molecule has 2 N–H and O–H groups in total. The van der Waals surface area contributed by atoms with E-state index in [4.69, 9.17) is 5.11 Å². The van der Waals surface area contributed by atoms with Crippen LogP contribution in [0.1, 0.15) is 26.5 Å². The molecule has 0 bridgehead atoms. The van der Waals surface area contributed by atoms with Gasteiger partial charge in [0.15, 0.2) is 0 Å². The molecule has 0 unspecified atom stereocenters. The lowest BCUT2D eigenvalue weighted by Gasteiger charge is -2.34. The standard InChI is InChI=1S/C21H24F3N3O4S/c22-21(23,24)31-17-4-2-1-3-15(17)13-25-20(30)18-6-5-16(32-18)14-26-8-10-27(11-9-26)19(29)7-12-28/h1-6,28H,7-14H2,(H,25,30). The molecule has 1 saturated heterocycles. The van der Waals surface area contributed by atoms with Crippen molar-refractivity contribution >= 4 is 23.2 Å². The highest BCUT2D eigenvalue weighted by Crippen LogP contribution is 2.26. The van der Waals surface area contributed by atoms with Crippen LogP contribution in [0.15, 0.2) is 36.4 Å². The van der Waals surface area contributed by atoms with Crippen LogP contribution in [0, 0.1) is 0 Å². The van der Waals surface area contributed by atoms with E-state index in [-0.39, 0.29) is 42.7 Å². The number of amides is 2. The summed E-state index contributed by atoms with van der Waals surface area (Å²) in [6.07, 6.45) is -4.67. The Bertz CT molecular complexity index is 927. The molecule has 32 heavy (non-hydrogen) atoms. The van der Waals surface area contributed by atoms with Crippen LogP contribution in [0.3, 0.4) is 0 Å². The van der Waals surface area contributed by atoms with Crippen molar-refractivity contribution in [1.82, 2.24) is 15.1 Å². The minimum absolute atomic E-state index is 0.0514. The van der Waals surface area contributed by atoms with Gasteiger partial charge in [-0.05, 0) is 18.2 Å². The van der Waals surface area contributed by atoms with Gasteiger partial charge in [-0.2, -0.15) is 0 Å². The topological polar surface area (TPSA) is 82.1 Å². The van der Waals surface area contributed by atoms with Crippen molar-refractivity contribution in [3.63, 3.8) is 0 Å². The number of para-hydroxylation sites is 1. The quantitative estimate of drug-likeness (QED) is 0.619. The van der Waals surface area contributed by atoms with E-state index in [0.717, 1.165) is 4.88 Å². The third kappa shape index (κ3) is 6.94. The van der Waals surface area contributed by atoms with Gasteiger partial charge in [0.05, 0.1) is 11.5 Å². The lowest BCUT2D eigenvalue weighted by atomic mass is 10.2. The number of nitrogens with one attached hydrogen (secondary N) is 1. The van der Waals surface area contributed by atoms with E-state index in [1.807, 2.05) is 6.07 Å². The van der Waals surface area contributed by atoms with E-state index >= 15 is 0 Å². The third-order valence-corrected chi connectivity index (χ3v) is 6.02. The maximum Gasteiger partial charge on any atom is 0.573 e. The van der Waals surface area contributed by atoms with Crippen molar-refractivity contribution in [2.24, 2.45) is 0 Å². The molecule has 0 saturated carbocycles.